The Balaban J connectivity index is 1.41. The highest BCUT2D eigenvalue weighted by Gasteiger charge is 2.54. The molecule has 0 N–H and O–H groups in total. The molecule has 0 bridgehead atoms. The molecule has 0 spiro atoms. The van der Waals surface area contributed by atoms with E-state index < -0.39 is 18.0 Å². The second-order valence-electron chi connectivity index (χ2n) is 7.07. The van der Waals surface area contributed by atoms with Gasteiger partial charge in [-0.3, -0.25) is 14.6 Å². The van der Waals surface area contributed by atoms with Crippen LogP contribution in [-0.4, -0.2) is 33.9 Å². The summed E-state index contributed by atoms with van der Waals surface area (Å²) in [5, 5.41) is 10.0. The van der Waals surface area contributed by atoms with Crippen molar-refractivity contribution >= 4 is 29.1 Å². The molecule has 5 rings (SSSR count). The van der Waals surface area contributed by atoms with Crippen molar-refractivity contribution in [2.24, 2.45) is 10.3 Å². The Morgan fingerprint density at radius 3 is 2.63 bits per heavy atom. The van der Waals surface area contributed by atoms with Gasteiger partial charge in [-0.05, 0) is 37.3 Å². The van der Waals surface area contributed by atoms with Crippen LogP contribution in [0.5, 0.6) is 0 Å². The number of amides is 2. The number of benzene rings is 2. The second kappa shape index (κ2) is 7.07. The highest BCUT2D eigenvalue weighted by Crippen LogP contribution is 2.34. The van der Waals surface area contributed by atoms with E-state index in [9.17, 15) is 9.59 Å². The highest BCUT2D eigenvalue weighted by molar-refractivity contribution is 6.31. The minimum absolute atomic E-state index is 0.204. The Morgan fingerprint density at radius 2 is 1.87 bits per heavy atom. The number of aromatic nitrogens is 1. The molecule has 0 unspecified atom stereocenters. The summed E-state index contributed by atoms with van der Waals surface area (Å²) < 4.78 is 5.79. The lowest BCUT2D eigenvalue weighted by Crippen LogP contribution is -2.39. The zero-order valence-corrected chi connectivity index (χ0v) is 16.7. The van der Waals surface area contributed by atoms with E-state index in [0.717, 1.165) is 10.5 Å². The maximum atomic E-state index is 13.1. The second-order valence-corrected chi connectivity index (χ2v) is 7.51. The van der Waals surface area contributed by atoms with Gasteiger partial charge in [-0.1, -0.05) is 41.1 Å². The number of nitrogens with zero attached hydrogens (tertiary/aromatic N) is 5. The number of fused-ring (bicyclic) bond motifs is 1. The Hall–Kier alpha value is -3.52. The maximum absolute atomic E-state index is 13.1. The van der Waals surface area contributed by atoms with E-state index in [4.69, 9.17) is 16.0 Å². The summed E-state index contributed by atoms with van der Waals surface area (Å²) in [4.78, 5) is 31.6. The van der Waals surface area contributed by atoms with Gasteiger partial charge < -0.3 is 4.42 Å². The van der Waals surface area contributed by atoms with Crippen LogP contribution in [0.2, 0.25) is 5.02 Å². The molecule has 1 saturated heterocycles. The van der Waals surface area contributed by atoms with Crippen molar-refractivity contribution in [3.05, 3.63) is 71.1 Å². The zero-order valence-electron chi connectivity index (χ0n) is 15.9. The molecule has 2 aromatic carbocycles. The summed E-state index contributed by atoms with van der Waals surface area (Å²) in [6.07, 6.45) is 0. The fraction of sp³-hybridized carbons (Fsp3) is 0.190. The maximum Gasteiger partial charge on any atom is 0.263 e. The van der Waals surface area contributed by atoms with Gasteiger partial charge in [0.05, 0.1) is 12.2 Å². The lowest BCUT2D eigenvalue weighted by atomic mass is 10.1. The van der Waals surface area contributed by atoms with Crippen LogP contribution in [0.4, 0.5) is 5.69 Å². The fourth-order valence-corrected chi connectivity index (χ4v) is 3.84. The van der Waals surface area contributed by atoms with Crippen LogP contribution >= 0.6 is 11.6 Å². The van der Waals surface area contributed by atoms with E-state index in [-0.39, 0.29) is 12.5 Å². The largest absolute Gasteiger partial charge is 0.441 e. The van der Waals surface area contributed by atoms with Crippen molar-refractivity contribution in [1.29, 1.82) is 0 Å². The molecule has 1 fully saturated rings. The minimum atomic E-state index is -0.878. The van der Waals surface area contributed by atoms with Crippen LogP contribution in [0.1, 0.15) is 11.5 Å². The third-order valence-electron chi connectivity index (χ3n) is 5.15. The number of carbonyl (C=O) groups excluding carboxylic acids is 2. The van der Waals surface area contributed by atoms with Crippen molar-refractivity contribution in [3.63, 3.8) is 0 Å². The third-order valence-corrected chi connectivity index (χ3v) is 5.38. The van der Waals surface area contributed by atoms with Crippen molar-refractivity contribution in [2.45, 2.75) is 25.6 Å². The van der Waals surface area contributed by atoms with Crippen LogP contribution in [0.25, 0.3) is 11.5 Å². The van der Waals surface area contributed by atoms with E-state index in [1.54, 1.807) is 31.2 Å². The average molecular weight is 422 g/mol. The van der Waals surface area contributed by atoms with Gasteiger partial charge >= 0.3 is 0 Å². The number of oxazole rings is 1. The Morgan fingerprint density at radius 1 is 1.07 bits per heavy atom. The number of carbonyl (C=O) groups is 2. The first kappa shape index (κ1) is 18.5. The van der Waals surface area contributed by atoms with Gasteiger partial charge in [0.1, 0.15) is 11.5 Å². The summed E-state index contributed by atoms with van der Waals surface area (Å²) >= 11 is 6.03. The molecule has 0 aliphatic carbocycles. The first-order chi connectivity index (χ1) is 14.5. The van der Waals surface area contributed by atoms with E-state index in [2.05, 4.69) is 15.3 Å². The Bertz CT molecular complexity index is 1180. The molecule has 9 heteroatoms. The predicted octanol–water partition coefficient (Wildman–Crippen LogP) is 3.80. The monoisotopic (exact) mass is 421 g/mol. The molecule has 150 valence electrons. The summed E-state index contributed by atoms with van der Waals surface area (Å²) in [6, 6.07) is 14.5. The average Bonchev–Trinajstić information content (AvgIpc) is 3.39. The molecule has 3 aromatic rings. The number of hydrogen-bond donors (Lipinski definition) is 0. The quantitative estimate of drug-likeness (QED) is 0.597. The Labute approximate surface area is 176 Å². The van der Waals surface area contributed by atoms with Gasteiger partial charge in [0.2, 0.25) is 5.89 Å². The molecule has 30 heavy (non-hydrogen) atoms. The number of imide groups is 1. The number of rotatable bonds is 4. The van der Waals surface area contributed by atoms with Gasteiger partial charge in [0, 0.05) is 10.6 Å². The number of aryl methyl sites for hydroxylation is 1. The lowest BCUT2D eigenvalue weighted by Gasteiger charge is -2.20. The fourth-order valence-electron chi connectivity index (χ4n) is 3.66. The molecule has 0 saturated carbocycles. The number of hydrogen-bond acceptors (Lipinski definition) is 7. The molecular weight excluding hydrogens is 406 g/mol. The SMILES string of the molecule is Cc1oc(-c2ccccc2)nc1CN1N=N[C@H]2C(=O)N(c3cccc(Cl)c3)C(=O)[C@@H]21. The molecule has 2 amide bonds. The van der Waals surface area contributed by atoms with Crippen molar-refractivity contribution in [2.75, 3.05) is 4.90 Å². The molecule has 0 radical (unpaired) electrons. The first-order valence-electron chi connectivity index (χ1n) is 9.35. The van der Waals surface area contributed by atoms with Crippen LogP contribution < -0.4 is 4.90 Å². The van der Waals surface area contributed by atoms with Gasteiger partial charge in [0.25, 0.3) is 11.8 Å². The summed E-state index contributed by atoms with van der Waals surface area (Å²) in [5.41, 5.74) is 1.91. The van der Waals surface area contributed by atoms with Crippen LogP contribution in [0.15, 0.2) is 69.4 Å². The predicted molar refractivity (Wildman–Crippen MR) is 109 cm³/mol. The van der Waals surface area contributed by atoms with Crippen LogP contribution in [0, 0.1) is 6.92 Å². The summed E-state index contributed by atoms with van der Waals surface area (Å²) in [5.74, 6) is 0.309. The summed E-state index contributed by atoms with van der Waals surface area (Å²) in [6.45, 7) is 2.01. The minimum Gasteiger partial charge on any atom is -0.441 e. The third kappa shape index (κ3) is 2.96. The van der Waals surface area contributed by atoms with Crippen molar-refractivity contribution in [1.82, 2.24) is 9.99 Å². The molecule has 2 atom stereocenters. The van der Waals surface area contributed by atoms with Crippen molar-refractivity contribution in [3.8, 4) is 11.5 Å². The van der Waals surface area contributed by atoms with Gasteiger partial charge in [0.15, 0.2) is 12.1 Å². The number of halogens is 1. The topological polar surface area (TPSA) is 91.4 Å². The van der Waals surface area contributed by atoms with Crippen molar-refractivity contribution < 1.29 is 14.0 Å². The van der Waals surface area contributed by atoms with Gasteiger partial charge in [-0.25, -0.2) is 9.88 Å². The standard InChI is InChI=1S/C21H16ClN5O3/c1-12-16(23-19(30-12)13-6-3-2-4-7-13)11-26-18-17(24-25-26)20(28)27(21(18)29)15-9-5-8-14(22)10-15/h2-10,17-18H,11H2,1H3/t17-,18-/m1/s1. The van der Waals surface area contributed by atoms with Crippen LogP contribution in [0.3, 0.4) is 0 Å². The van der Waals surface area contributed by atoms with E-state index in [1.807, 2.05) is 30.3 Å². The van der Waals surface area contributed by atoms with Gasteiger partial charge in [-0.15, -0.1) is 0 Å². The molecule has 2 aliphatic rings. The number of anilines is 1. The van der Waals surface area contributed by atoms with E-state index in [1.165, 1.54) is 5.01 Å². The molecule has 3 heterocycles. The highest BCUT2D eigenvalue weighted by atomic mass is 35.5. The lowest BCUT2D eigenvalue weighted by molar-refractivity contribution is -0.123. The molecule has 2 aliphatic heterocycles. The van der Waals surface area contributed by atoms with E-state index in [0.29, 0.717) is 28.1 Å². The molecular formula is C21H16ClN5O3. The van der Waals surface area contributed by atoms with Gasteiger partial charge in [-0.2, -0.15) is 5.11 Å². The first-order valence-corrected chi connectivity index (χ1v) is 9.73. The molecule has 8 nitrogen and oxygen atoms in total. The summed E-state index contributed by atoms with van der Waals surface area (Å²) in [7, 11) is 0. The normalized spacial score (nSPS) is 20.3. The smallest absolute Gasteiger partial charge is 0.263 e. The zero-order chi connectivity index (χ0) is 20.8. The molecule has 1 aromatic heterocycles. The van der Waals surface area contributed by atoms with Crippen LogP contribution in [-0.2, 0) is 16.1 Å². The Kier molecular flexibility index (Phi) is 4.36. The van der Waals surface area contributed by atoms with E-state index >= 15 is 0 Å².